The van der Waals surface area contributed by atoms with Gasteiger partial charge in [-0.05, 0) is 17.7 Å². The van der Waals surface area contributed by atoms with Gasteiger partial charge in [-0.3, -0.25) is 4.79 Å². The quantitative estimate of drug-likeness (QED) is 0.657. The van der Waals surface area contributed by atoms with E-state index in [1.807, 2.05) is 0 Å². The van der Waals surface area contributed by atoms with Crippen LogP contribution in [0.2, 0.25) is 0 Å². The van der Waals surface area contributed by atoms with Crippen molar-refractivity contribution in [2.24, 2.45) is 0 Å². The third-order valence-electron chi connectivity index (χ3n) is 2.61. The van der Waals surface area contributed by atoms with Gasteiger partial charge >= 0.3 is 12.1 Å². The number of aliphatic hydroxyl groups is 2. The van der Waals surface area contributed by atoms with Crippen LogP contribution in [-0.4, -0.2) is 29.4 Å². The lowest BCUT2D eigenvalue weighted by Crippen LogP contribution is -2.23. The maximum absolute atomic E-state index is 13.3. The molecule has 0 bridgehead atoms. The molecule has 0 saturated carbocycles. The summed E-state index contributed by atoms with van der Waals surface area (Å²) < 4.78 is 54.6. The normalized spacial score (nSPS) is 14.8. The van der Waals surface area contributed by atoms with Crippen LogP contribution in [0.3, 0.4) is 0 Å². The SMILES string of the molecule is COC(=O)CC(O)C(O)c1ccc(C(F)(F)F)c(F)c1. The van der Waals surface area contributed by atoms with E-state index in [1.165, 1.54) is 0 Å². The number of carbonyl (C=O) groups is 1. The Morgan fingerprint density at radius 1 is 1.35 bits per heavy atom. The van der Waals surface area contributed by atoms with E-state index >= 15 is 0 Å². The molecular weight excluding hydrogens is 284 g/mol. The molecule has 8 heteroatoms. The summed E-state index contributed by atoms with van der Waals surface area (Å²) in [7, 11) is 1.07. The van der Waals surface area contributed by atoms with Crippen molar-refractivity contribution in [2.75, 3.05) is 7.11 Å². The van der Waals surface area contributed by atoms with E-state index in [2.05, 4.69) is 4.74 Å². The van der Waals surface area contributed by atoms with Crippen molar-refractivity contribution in [3.05, 3.63) is 35.1 Å². The number of carbonyl (C=O) groups excluding carboxylic acids is 1. The summed E-state index contributed by atoms with van der Waals surface area (Å²) in [6.07, 6.45) is -8.73. The smallest absolute Gasteiger partial charge is 0.419 e. The third kappa shape index (κ3) is 3.91. The summed E-state index contributed by atoms with van der Waals surface area (Å²) in [4.78, 5) is 10.9. The monoisotopic (exact) mass is 296 g/mol. The maximum atomic E-state index is 13.3. The highest BCUT2D eigenvalue weighted by Gasteiger charge is 2.34. The van der Waals surface area contributed by atoms with Gasteiger partial charge in [0.05, 0.1) is 25.2 Å². The predicted molar refractivity (Wildman–Crippen MR) is 59.0 cm³/mol. The number of hydrogen-bond acceptors (Lipinski definition) is 4. The number of benzene rings is 1. The van der Waals surface area contributed by atoms with Crippen LogP contribution in [0.5, 0.6) is 0 Å². The van der Waals surface area contributed by atoms with E-state index in [-0.39, 0.29) is 5.56 Å². The zero-order chi connectivity index (χ0) is 15.5. The number of rotatable bonds is 4. The minimum Gasteiger partial charge on any atom is -0.469 e. The van der Waals surface area contributed by atoms with Crippen LogP contribution < -0.4 is 0 Å². The fraction of sp³-hybridized carbons (Fsp3) is 0.417. The number of hydrogen-bond donors (Lipinski definition) is 2. The highest BCUT2D eigenvalue weighted by Crippen LogP contribution is 2.33. The molecule has 0 aromatic heterocycles. The molecule has 1 aromatic rings. The summed E-state index contributed by atoms with van der Waals surface area (Å²) in [5, 5.41) is 19.1. The summed E-state index contributed by atoms with van der Waals surface area (Å²) >= 11 is 0. The van der Waals surface area contributed by atoms with Crippen molar-refractivity contribution in [3.8, 4) is 0 Å². The minimum atomic E-state index is -4.85. The average molecular weight is 296 g/mol. The van der Waals surface area contributed by atoms with Crippen LogP contribution >= 0.6 is 0 Å². The number of methoxy groups -OCH3 is 1. The summed E-state index contributed by atoms with van der Waals surface area (Å²) in [5.41, 5.74) is -1.75. The Morgan fingerprint density at radius 2 is 1.95 bits per heavy atom. The van der Waals surface area contributed by atoms with Gasteiger partial charge in [-0.1, -0.05) is 6.07 Å². The Hall–Kier alpha value is -1.67. The molecule has 2 N–H and O–H groups in total. The van der Waals surface area contributed by atoms with Crippen molar-refractivity contribution in [1.82, 2.24) is 0 Å². The van der Waals surface area contributed by atoms with Gasteiger partial charge in [0.2, 0.25) is 0 Å². The predicted octanol–water partition coefficient (Wildman–Crippen LogP) is 1.80. The molecule has 0 spiro atoms. The fourth-order valence-electron chi connectivity index (χ4n) is 1.53. The molecule has 1 rings (SSSR count). The van der Waals surface area contributed by atoms with Crippen LogP contribution in [0.1, 0.15) is 23.7 Å². The lowest BCUT2D eigenvalue weighted by molar-refractivity contribution is -0.144. The van der Waals surface area contributed by atoms with Gasteiger partial charge in [0.25, 0.3) is 0 Å². The molecule has 1 aromatic carbocycles. The van der Waals surface area contributed by atoms with Gasteiger partial charge in [0.15, 0.2) is 0 Å². The summed E-state index contributed by atoms with van der Waals surface area (Å²) in [6, 6.07) is 1.75. The number of ether oxygens (including phenoxy) is 1. The van der Waals surface area contributed by atoms with Gasteiger partial charge < -0.3 is 14.9 Å². The Labute approximate surface area is 111 Å². The summed E-state index contributed by atoms with van der Waals surface area (Å²) in [5.74, 6) is -2.39. The number of halogens is 4. The van der Waals surface area contributed by atoms with Gasteiger partial charge in [-0.25, -0.2) is 4.39 Å². The van der Waals surface area contributed by atoms with E-state index in [4.69, 9.17) is 0 Å². The molecule has 0 aliphatic heterocycles. The molecule has 0 radical (unpaired) electrons. The standard InChI is InChI=1S/C12H12F4O4/c1-20-10(18)5-9(17)11(19)6-2-3-7(8(13)4-6)12(14,15)16/h2-4,9,11,17,19H,5H2,1H3. The molecule has 112 valence electrons. The summed E-state index contributed by atoms with van der Waals surface area (Å²) in [6.45, 7) is 0. The Bertz CT molecular complexity index is 487. The second-order valence-electron chi connectivity index (χ2n) is 4.03. The van der Waals surface area contributed by atoms with Crippen molar-refractivity contribution < 1.29 is 37.3 Å². The minimum absolute atomic E-state index is 0.271. The van der Waals surface area contributed by atoms with Gasteiger partial charge in [-0.15, -0.1) is 0 Å². The molecule has 0 aliphatic rings. The highest BCUT2D eigenvalue weighted by molar-refractivity contribution is 5.69. The molecule has 2 unspecified atom stereocenters. The van der Waals surface area contributed by atoms with Crippen LogP contribution in [-0.2, 0) is 15.7 Å². The topological polar surface area (TPSA) is 66.8 Å². The largest absolute Gasteiger partial charge is 0.469 e. The highest BCUT2D eigenvalue weighted by atomic mass is 19.4. The molecular formula is C12H12F4O4. The van der Waals surface area contributed by atoms with Crippen LogP contribution in [0.4, 0.5) is 17.6 Å². The van der Waals surface area contributed by atoms with E-state index in [1.54, 1.807) is 0 Å². The van der Waals surface area contributed by atoms with Crippen molar-refractivity contribution in [2.45, 2.75) is 24.8 Å². The van der Waals surface area contributed by atoms with E-state index in [0.29, 0.717) is 12.1 Å². The second kappa shape index (κ2) is 6.19. The number of esters is 1. The first kappa shape index (κ1) is 16.4. The number of aliphatic hydroxyl groups excluding tert-OH is 2. The first-order chi connectivity index (χ1) is 9.16. The third-order valence-corrected chi connectivity index (χ3v) is 2.61. The molecule has 0 fully saturated rings. The van der Waals surface area contributed by atoms with Crippen molar-refractivity contribution >= 4 is 5.97 Å². The zero-order valence-corrected chi connectivity index (χ0v) is 10.3. The molecule has 0 heterocycles. The van der Waals surface area contributed by atoms with Gasteiger partial charge in [-0.2, -0.15) is 13.2 Å². The molecule has 0 aliphatic carbocycles. The van der Waals surface area contributed by atoms with E-state index < -0.39 is 42.2 Å². The van der Waals surface area contributed by atoms with Gasteiger partial charge in [0, 0.05) is 0 Å². The van der Waals surface area contributed by atoms with Crippen molar-refractivity contribution in [1.29, 1.82) is 0 Å². The Morgan fingerprint density at radius 3 is 2.40 bits per heavy atom. The maximum Gasteiger partial charge on any atom is 0.419 e. The Kier molecular flexibility index (Phi) is 5.07. The Balaban J connectivity index is 2.92. The molecule has 20 heavy (non-hydrogen) atoms. The molecule has 0 amide bonds. The zero-order valence-electron chi connectivity index (χ0n) is 10.3. The first-order valence-corrected chi connectivity index (χ1v) is 5.46. The molecule has 2 atom stereocenters. The first-order valence-electron chi connectivity index (χ1n) is 5.46. The van der Waals surface area contributed by atoms with Gasteiger partial charge in [0.1, 0.15) is 11.9 Å². The molecule has 0 saturated heterocycles. The molecule has 4 nitrogen and oxygen atoms in total. The lowest BCUT2D eigenvalue weighted by atomic mass is 10.0. The number of alkyl halides is 3. The van der Waals surface area contributed by atoms with Crippen LogP contribution in [0.15, 0.2) is 18.2 Å². The average Bonchev–Trinajstić information content (AvgIpc) is 2.35. The van der Waals surface area contributed by atoms with E-state index in [9.17, 15) is 32.6 Å². The van der Waals surface area contributed by atoms with Crippen molar-refractivity contribution in [3.63, 3.8) is 0 Å². The van der Waals surface area contributed by atoms with Crippen LogP contribution in [0, 0.1) is 5.82 Å². The lowest BCUT2D eigenvalue weighted by Gasteiger charge is -2.18. The van der Waals surface area contributed by atoms with E-state index in [0.717, 1.165) is 13.2 Å². The fourth-order valence-corrected chi connectivity index (χ4v) is 1.53. The van der Waals surface area contributed by atoms with Crippen LogP contribution in [0.25, 0.3) is 0 Å². The second-order valence-corrected chi connectivity index (χ2v) is 4.03.